The number of carboxylic acids is 2. The van der Waals surface area contributed by atoms with Crippen molar-refractivity contribution in [3.05, 3.63) is 28.5 Å². The number of carbonyl (C=O) groups excluding carboxylic acids is 1. The summed E-state index contributed by atoms with van der Waals surface area (Å²) in [4.78, 5) is 32.9. The first-order chi connectivity index (χ1) is 9.79. The normalized spacial score (nSPS) is 11.5. The number of carbonyl (C=O) groups is 3. The Morgan fingerprint density at radius 3 is 2.52 bits per heavy atom. The minimum absolute atomic E-state index is 0.135. The molecule has 0 aromatic heterocycles. The SMILES string of the molecule is O=C(O)CCC(NC(=O)Nc1cc(Br)ccc1F)C(=O)O. The zero-order valence-electron chi connectivity index (χ0n) is 10.6. The van der Waals surface area contributed by atoms with E-state index in [1.807, 2.05) is 0 Å². The summed E-state index contributed by atoms with van der Waals surface area (Å²) in [5.74, 6) is -3.24. The molecule has 1 aromatic rings. The summed E-state index contributed by atoms with van der Waals surface area (Å²) in [7, 11) is 0. The summed E-state index contributed by atoms with van der Waals surface area (Å²) in [5.41, 5.74) is -0.135. The lowest BCUT2D eigenvalue weighted by Gasteiger charge is -2.14. The number of anilines is 1. The van der Waals surface area contributed by atoms with Crippen molar-refractivity contribution in [2.75, 3.05) is 5.32 Å². The lowest BCUT2D eigenvalue weighted by molar-refractivity contribution is -0.140. The molecule has 0 saturated carbocycles. The Hall–Kier alpha value is -2.16. The molecule has 0 spiro atoms. The number of hydrogen-bond acceptors (Lipinski definition) is 3. The highest BCUT2D eigenvalue weighted by atomic mass is 79.9. The second-order valence-electron chi connectivity index (χ2n) is 4.05. The van der Waals surface area contributed by atoms with E-state index in [0.29, 0.717) is 4.47 Å². The third-order valence-corrected chi connectivity index (χ3v) is 2.92. The molecule has 21 heavy (non-hydrogen) atoms. The third kappa shape index (κ3) is 5.78. The molecule has 1 aromatic carbocycles. The van der Waals surface area contributed by atoms with Gasteiger partial charge in [0.2, 0.25) is 0 Å². The molecular formula is C12H12BrFN2O5. The zero-order chi connectivity index (χ0) is 16.0. The molecule has 0 aliphatic heterocycles. The van der Waals surface area contributed by atoms with E-state index in [2.05, 4.69) is 26.6 Å². The highest BCUT2D eigenvalue weighted by molar-refractivity contribution is 9.10. The molecule has 0 bridgehead atoms. The second-order valence-corrected chi connectivity index (χ2v) is 4.96. The number of carboxylic acid groups (broad SMARTS) is 2. The third-order valence-electron chi connectivity index (χ3n) is 2.43. The molecule has 0 fully saturated rings. The molecule has 1 atom stereocenters. The molecule has 114 valence electrons. The molecular weight excluding hydrogens is 351 g/mol. The lowest BCUT2D eigenvalue weighted by atomic mass is 10.1. The Morgan fingerprint density at radius 2 is 1.95 bits per heavy atom. The Bertz CT molecular complexity index is 567. The van der Waals surface area contributed by atoms with Crippen LogP contribution in [0.25, 0.3) is 0 Å². The number of rotatable bonds is 6. The molecule has 0 saturated heterocycles. The summed E-state index contributed by atoms with van der Waals surface area (Å²) in [6.07, 6.45) is -0.693. The van der Waals surface area contributed by atoms with Crippen molar-refractivity contribution in [1.82, 2.24) is 5.32 Å². The maximum Gasteiger partial charge on any atom is 0.326 e. The summed E-state index contributed by atoms with van der Waals surface area (Å²) < 4.78 is 14.0. The zero-order valence-corrected chi connectivity index (χ0v) is 12.2. The van der Waals surface area contributed by atoms with Crippen LogP contribution in [0.1, 0.15) is 12.8 Å². The van der Waals surface area contributed by atoms with Gasteiger partial charge in [-0.25, -0.2) is 14.0 Å². The molecule has 7 nitrogen and oxygen atoms in total. The average molecular weight is 363 g/mol. The topological polar surface area (TPSA) is 116 Å². The molecule has 1 rings (SSSR count). The van der Waals surface area contributed by atoms with Crippen LogP contribution in [0.5, 0.6) is 0 Å². The van der Waals surface area contributed by atoms with E-state index < -0.39 is 36.2 Å². The van der Waals surface area contributed by atoms with Crippen LogP contribution >= 0.6 is 15.9 Å². The van der Waals surface area contributed by atoms with Crippen molar-refractivity contribution in [3.8, 4) is 0 Å². The minimum Gasteiger partial charge on any atom is -0.481 e. The first kappa shape index (κ1) is 16.9. The Balaban J connectivity index is 2.67. The Kier molecular flexibility index (Phi) is 6.10. The van der Waals surface area contributed by atoms with Crippen molar-refractivity contribution < 1.29 is 29.0 Å². The maximum atomic E-state index is 13.4. The molecule has 0 heterocycles. The van der Waals surface area contributed by atoms with Crippen LogP contribution in [0.15, 0.2) is 22.7 Å². The monoisotopic (exact) mass is 362 g/mol. The van der Waals surface area contributed by atoms with Gasteiger partial charge in [-0.05, 0) is 24.6 Å². The van der Waals surface area contributed by atoms with Gasteiger partial charge in [0.15, 0.2) is 0 Å². The average Bonchev–Trinajstić information content (AvgIpc) is 2.38. The van der Waals surface area contributed by atoms with E-state index in [-0.39, 0.29) is 12.1 Å². The van der Waals surface area contributed by atoms with Crippen LogP contribution < -0.4 is 10.6 Å². The van der Waals surface area contributed by atoms with Crippen LogP contribution in [0, 0.1) is 5.82 Å². The molecule has 0 radical (unpaired) electrons. The van der Waals surface area contributed by atoms with Crippen molar-refractivity contribution >= 4 is 39.6 Å². The fourth-order valence-electron chi connectivity index (χ4n) is 1.44. The predicted molar refractivity (Wildman–Crippen MR) is 74.5 cm³/mol. The van der Waals surface area contributed by atoms with Gasteiger partial charge < -0.3 is 20.8 Å². The van der Waals surface area contributed by atoms with Gasteiger partial charge in [-0.15, -0.1) is 0 Å². The fraction of sp³-hybridized carbons (Fsp3) is 0.250. The van der Waals surface area contributed by atoms with Gasteiger partial charge in [-0.1, -0.05) is 15.9 Å². The summed E-state index contributed by atoms with van der Waals surface area (Å²) >= 11 is 3.10. The second kappa shape index (κ2) is 7.58. The van der Waals surface area contributed by atoms with Crippen molar-refractivity contribution in [2.24, 2.45) is 0 Å². The largest absolute Gasteiger partial charge is 0.481 e. The Labute approximate surface area is 127 Å². The molecule has 2 amide bonds. The molecule has 9 heteroatoms. The van der Waals surface area contributed by atoms with Crippen LogP contribution in [0.4, 0.5) is 14.9 Å². The van der Waals surface area contributed by atoms with E-state index in [4.69, 9.17) is 10.2 Å². The molecule has 4 N–H and O–H groups in total. The highest BCUT2D eigenvalue weighted by Crippen LogP contribution is 2.19. The molecule has 0 aliphatic carbocycles. The van der Waals surface area contributed by atoms with Gasteiger partial charge in [0, 0.05) is 10.9 Å². The van der Waals surface area contributed by atoms with E-state index in [0.717, 1.165) is 6.07 Å². The van der Waals surface area contributed by atoms with E-state index in [1.165, 1.54) is 12.1 Å². The summed E-state index contributed by atoms with van der Waals surface area (Å²) in [6, 6.07) is 1.55. The number of aliphatic carboxylic acids is 2. The lowest BCUT2D eigenvalue weighted by Crippen LogP contribution is -2.43. The van der Waals surface area contributed by atoms with Gasteiger partial charge in [0.05, 0.1) is 5.69 Å². The summed E-state index contributed by atoms with van der Waals surface area (Å²) in [6.45, 7) is 0. The number of urea groups is 1. The van der Waals surface area contributed by atoms with E-state index in [9.17, 15) is 18.8 Å². The highest BCUT2D eigenvalue weighted by Gasteiger charge is 2.21. The van der Waals surface area contributed by atoms with Gasteiger partial charge >= 0.3 is 18.0 Å². The van der Waals surface area contributed by atoms with Crippen molar-refractivity contribution in [3.63, 3.8) is 0 Å². The van der Waals surface area contributed by atoms with E-state index in [1.54, 1.807) is 0 Å². The number of benzene rings is 1. The first-order valence-electron chi connectivity index (χ1n) is 5.76. The molecule has 0 aliphatic rings. The Morgan fingerprint density at radius 1 is 1.29 bits per heavy atom. The van der Waals surface area contributed by atoms with Crippen molar-refractivity contribution in [2.45, 2.75) is 18.9 Å². The molecule has 1 unspecified atom stereocenters. The van der Waals surface area contributed by atoms with Gasteiger partial charge in [0.25, 0.3) is 0 Å². The van der Waals surface area contributed by atoms with Crippen molar-refractivity contribution in [1.29, 1.82) is 0 Å². The smallest absolute Gasteiger partial charge is 0.326 e. The van der Waals surface area contributed by atoms with Crippen LogP contribution in [-0.4, -0.2) is 34.2 Å². The maximum absolute atomic E-state index is 13.4. The number of amides is 2. The van der Waals surface area contributed by atoms with Crippen LogP contribution in [0.2, 0.25) is 0 Å². The van der Waals surface area contributed by atoms with Crippen LogP contribution in [-0.2, 0) is 9.59 Å². The number of hydrogen-bond donors (Lipinski definition) is 4. The van der Waals surface area contributed by atoms with Gasteiger partial charge in [-0.3, -0.25) is 4.79 Å². The number of halogens is 2. The first-order valence-corrected chi connectivity index (χ1v) is 6.56. The number of nitrogens with one attached hydrogen (secondary N) is 2. The summed E-state index contributed by atoms with van der Waals surface area (Å²) in [5, 5.41) is 21.6. The predicted octanol–water partition coefficient (Wildman–Crippen LogP) is 2.03. The van der Waals surface area contributed by atoms with Crippen LogP contribution in [0.3, 0.4) is 0 Å². The van der Waals surface area contributed by atoms with Gasteiger partial charge in [-0.2, -0.15) is 0 Å². The van der Waals surface area contributed by atoms with E-state index >= 15 is 0 Å². The fourth-order valence-corrected chi connectivity index (χ4v) is 1.80. The standard InChI is InChI=1S/C12H12BrFN2O5/c13-6-1-2-7(14)9(5-6)16-12(21)15-8(11(19)20)3-4-10(17)18/h1-2,5,8H,3-4H2,(H,17,18)(H,19,20)(H2,15,16,21). The minimum atomic E-state index is -1.38. The van der Waals surface area contributed by atoms with Gasteiger partial charge in [0.1, 0.15) is 11.9 Å². The quantitative estimate of drug-likeness (QED) is 0.617.